The second-order valence-electron chi connectivity index (χ2n) is 5.98. The Morgan fingerprint density at radius 1 is 1.21 bits per heavy atom. The van der Waals surface area contributed by atoms with Gasteiger partial charge in [0.15, 0.2) is 0 Å². The quantitative estimate of drug-likeness (QED) is 0.834. The van der Waals surface area contributed by atoms with Gasteiger partial charge in [0, 0.05) is 38.2 Å². The molecule has 0 saturated carbocycles. The molecule has 1 aliphatic heterocycles. The molecule has 6 nitrogen and oxygen atoms in total. The topological polar surface area (TPSA) is 84.7 Å². The predicted molar refractivity (Wildman–Crippen MR) is 95.1 cm³/mol. The normalized spacial score (nSPS) is 20.2. The van der Waals surface area contributed by atoms with Crippen LogP contribution in [0, 0.1) is 0 Å². The van der Waals surface area contributed by atoms with Crippen molar-refractivity contribution < 1.29 is 14.3 Å². The standard InChI is InChI=1S/C17H25N3O3.ClH/c1-12-10-20(11-13(2)23-12)17(22)15-5-3-14(4-6-15)9-19-16(21)7-8-18;/h3-6,12-13H,7-11,18H2,1-2H3,(H,19,21);1H. The zero-order valence-electron chi connectivity index (χ0n) is 14.2. The van der Waals surface area contributed by atoms with Gasteiger partial charge in [-0.3, -0.25) is 9.59 Å². The molecule has 134 valence electrons. The molecule has 7 heteroatoms. The molecule has 24 heavy (non-hydrogen) atoms. The van der Waals surface area contributed by atoms with E-state index in [2.05, 4.69) is 5.32 Å². The van der Waals surface area contributed by atoms with Gasteiger partial charge in [0.2, 0.25) is 5.91 Å². The number of morpholine rings is 1. The van der Waals surface area contributed by atoms with Crippen LogP contribution in [0.2, 0.25) is 0 Å². The first-order valence-electron chi connectivity index (χ1n) is 8.00. The van der Waals surface area contributed by atoms with Crippen LogP contribution in [0.4, 0.5) is 0 Å². The van der Waals surface area contributed by atoms with E-state index in [4.69, 9.17) is 10.5 Å². The van der Waals surface area contributed by atoms with Crippen LogP contribution in [0.3, 0.4) is 0 Å². The van der Waals surface area contributed by atoms with Gasteiger partial charge < -0.3 is 20.7 Å². The van der Waals surface area contributed by atoms with Gasteiger partial charge in [-0.25, -0.2) is 0 Å². The van der Waals surface area contributed by atoms with E-state index in [1.54, 1.807) is 12.1 Å². The third-order valence-electron chi connectivity index (χ3n) is 3.77. The van der Waals surface area contributed by atoms with Gasteiger partial charge in [0.1, 0.15) is 0 Å². The summed E-state index contributed by atoms with van der Waals surface area (Å²) in [6.45, 7) is 5.96. The van der Waals surface area contributed by atoms with E-state index in [0.29, 0.717) is 38.2 Å². The van der Waals surface area contributed by atoms with Gasteiger partial charge in [-0.1, -0.05) is 12.1 Å². The van der Waals surface area contributed by atoms with Gasteiger partial charge >= 0.3 is 0 Å². The van der Waals surface area contributed by atoms with Crippen molar-refractivity contribution >= 4 is 24.2 Å². The maximum Gasteiger partial charge on any atom is 0.254 e. The Hall–Kier alpha value is -1.63. The molecule has 3 N–H and O–H groups in total. The summed E-state index contributed by atoms with van der Waals surface area (Å²) in [6.07, 6.45) is 0.434. The summed E-state index contributed by atoms with van der Waals surface area (Å²) in [4.78, 5) is 25.8. The summed E-state index contributed by atoms with van der Waals surface area (Å²) >= 11 is 0. The first-order valence-corrected chi connectivity index (χ1v) is 8.00. The van der Waals surface area contributed by atoms with Gasteiger partial charge in [-0.2, -0.15) is 0 Å². The zero-order valence-corrected chi connectivity index (χ0v) is 15.0. The molecule has 2 atom stereocenters. The highest BCUT2D eigenvalue weighted by atomic mass is 35.5. The molecular weight excluding hydrogens is 330 g/mol. The number of carbonyl (C=O) groups is 2. The Morgan fingerprint density at radius 3 is 2.33 bits per heavy atom. The fourth-order valence-electron chi connectivity index (χ4n) is 2.71. The van der Waals surface area contributed by atoms with E-state index in [1.807, 2.05) is 30.9 Å². The maximum absolute atomic E-state index is 12.5. The first-order chi connectivity index (χ1) is 11.0. The van der Waals surface area contributed by atoms with Crippen LogP contribution in [0.15, 0.2) is 24.3 Å². The number of hydrogen-bond acceptors (Lipinski definition) is 4. The molecule has 1 aromatic carbocycles. The Labute approximate surface area is 149 Å². The van der Waals surface area contributed by atoms with Crippen LogP contribution in [0.25, 0.3) is 0 Å². The monoisotopic (exact) mass is 355 g/mol. The Bertz CT molecular complexity index is 541. The van der Waals surface area contributed by atoms with Crippen molar-refractivity contribution in [2.45, 2.75) is 39.0 Å². The summed E-state index contributed by atoms with van der Waals surface area (Å²) < 4.78 is 5.65. The summed E-state index contributed by atoms with van der Waals surface area (Å²) in [7, 11) is 0. The average Bonchev–Trinajstić information content (AvgIpc) is 2.52. The number of benzene rings is 1. The number of carbonyl (C=O) groups excluding carboxylic acids is 2. The van der Waals surface area contributed by atoms with E-state index in [0.717, 1.165) is 5.56 Å². The molecule has 1 saturated heterocycles. The second kappa shape index (κ2) is 9.61. The molecule has 0 bridgehead atoms. The fraction of sp³-hybridized carbons (Fsp3) is 0.529. The largest absolute Gasteiger partial charge is 0.372 e. The van der Waals surface area contributed by atoms with E-state index < -0.39 is 0 Å². The Balaban J connectivity index is 0.00000288. The summed E-state index contributed by atoms with van der Waals surface area (Å²) in [5, 5.41) is 2.79. The number of ether oxygens (including phenoxy) is 1. The van der Waals surface area contributed by atoms with Gasteiger partial charge in [0.25, 0.3) is 5.91 Å². The van der Waals surface area contributed by atoms with Gasteiger partial charge in [0.05, 0.1) is 12.2 Å². The third-order valence-corrected chi connectivity index (χ3v) is 3.77. The van der Waals surface area contributed by atoms with Crippen molar-refractivity contribution in [1.29, 1.82) is 0 Å². The SMILES string of the molecule is CC1CN(C(=O)c2ccc(CNC(=O)CCN)cc2)CC(C)O1.Cl. The molecule has 2 amide bonds. The minimum atomic E-state index is -0.0658. The molecule has 0 spiro atoms. The van der Waals surface area contributed by atoms with Crippen LogP contribution < -0.4 is 11.1 Å². The molecule has 1 aliphatic rings. The number of nitrogens with one attached hydrogen (secondary N) is 1. The molecule has 1 heterocycles. The smallest absolute Gasteiger partial charge is 0.254 e. The highest BCUT2D eigenvalue weighted by Crippen LogP contribution is 2.15. The molecule has 0 radical (unpaired) electrons. The molecule has 0 aromatic heterocycles. The van der Waals surface area contributed by atoms with Crippen molar-refractivity contribution in [2.75, 3.05) is 19.6 Å². The first kappa shape index (κ1) is 20.4. The van der Waals surface area contributed by atoms with E-state index in [-0.39, 0.29) is 36.4 Å². The summed E-state index contributed by atoms with van der Waals surface area (Å²) in [5.41, 5.74) is 6.94. The lowest BCUT2D eigenvalue weighted by Gasteiger charge is -2.35. The van der Waals surface area contributed by atoms with E-state index in [1.165, 1.54) is 0 Å². The van der Waals surface area contributed by atoms with Gasteiger partial charge in [-0.05, 0) is 31.5 Å². The van der Waals surface area contributed by atoms with Gasteiger partial charge in [-0.15, -0.1) is 12.4 Å². The summed E-state index contributed by atoms with van der Waals surface area (Å²) in [5.74, 6) is -0.0466. The average molecular weight is 356 g/mol. The minimum Gasteiger partial charge on any atom is -0.372 e. The maximum atomic E-state index is 12.5. The lowest BCUT2D eigenvalue weighted by atomic mass is 10.1. The van der Waals surface area contributed by atoms with Crippen molar-refractivity contribution in [3.8, 4) is 0 Å². The molecule has 2 unspecified atom stereocenters. The number of hydrogen-bond donors (Lipinski definition) is 2. The van der Waals surface area contributed by atoms with E-state index in [9.17, 15) is 9.59 Å². The number of amides is 2. The van der Waals surface area contributed by atoms with Crippen molar-refractivity contribution in [3.63, 3.8) is 0 Å². The van der Waals surface area contributed by atoms with Crippen molar-refractivity contribution in [3.05, 3.63) is 35.4 Å². The minimum absolute atomic E-state index is 0. The number of nitrogens with zero attached hydrogens (tertiary/aromatic N) is 1. The van der Waals surface area contributed by atoms with Crippen LogP contribution in [-0.2, 0) is 16.1 Å². The van der Waals surface area contributed by atoms with E-state index >= 15 is 0 Å². The lowest BCUT2D eigenvalue weighted by molar-refractivity contribution is -0.121. The van der Waals surface area contributed by atoms with Crippen LogP contribution >= 0.6 is 12.4 Å². The van der Waals surface area contributed by atoms with Crippen LogP contribution in [0.1, 0.15) is 36.2 Å². The number of halogens is 1. The third kappa shape index (κ3) is 5.78. The second-order valence-corrected chi connectivity index (χ2v) is 5.98. The van der Waals surface area contributed by atoms with Crippen molar-refractivity contribution in [1.82, 2.24) is 10.2 Å². The Morgan fingerprint density at radius 2 is 1.79 bits per heavy atom. The number of rotatable bonds is 5. The highest BCUT2D eigenvalue weighted by molar-refractivity contribution is 5.94. The highest BCUT2D eigenvalue weighted by Gasteiger charge is 2.26. The molecule has 0 aliphatic carbocycles. The lowest BCUT2D eigenvalue weighted by Crippen LogP contribution is -2.48. The predicted octanol–water partition coefficient (Wildman–Crippen LogP) is 1.32. The molecular formula is C17H26ClN3O3. The molecule has 1 fully saturated rings. The molecule has 2 rings (SSSR count). The number of nitrogens with two attached hydrogens (primary N) is 1. The Kier molecular flexibility index (Phi) is 8.18. The molecule has 1 aromatic rings. The zero-order chi connectivity index (χ0) is 16.8. The fourth-order valence-corrected chi connectivity index (χ4v) is 2.71. The van der Waals surface area contributed by atoms with Crippen LogP contribution in [0.5, 0.6) is 0 Å². The summed E-state index contributed by atoms with van der Waals surface area (Å²) in [6, 6.07) is 7.33. The van der Waals surface area contributed by atoms with Crippen molar-refractivity contribution in [2.24, 2.45) is 5.73 Å². The van der Waals surface area contributed by atoms with Crippen LogP contribution in [-0.4, -0.2) is 48.6 Å².